The molecular formula is C25H31FN2O2S. The topological polar surface area (TPSA) is 49.4 Å². The summed E-state index contributed by atoms with van der Waals surface area (Å²) < 4.78 is 14.3. The zero-order valence-corrected chi connectivity index (χ0v) is 18.9. The van der Waals surface area contributed by atoms with Crippen LogP contribution in [0.25, 0.3) is 0 Å². The summed E-state index contributed by atoms with van der Waals surface area (Å²) in [5, 5.41) is 3.10. The van der Waals surface area contributed by atoms with Crippen molar-refractivity contribution in [3.8, 4) is 0 Å². The second-order valence-corrected chi connectivity index (χ2v) is 9.21. The van der Waals surface area contributed by atoms with Crippen LogP contribution in [-0.4, -0.2) is 34.6 Å². The highest BCUT2D eigenvalue weighted by Crippen LogP contribution is 2.21. The van der Waals surface area contributed by atoms with E-state index in [9.17, 15) is 14.0 Å². The fraction of sp³-hybridized carbons (Fsp3) is 0.440. The van der Waals surface area contributed by atoms with Crippen LogP contribution in [0.2, 0.25) is 0 Å². The molecule has 0 saturated heterocycles. The predicted molar refractivity (Wildman–Crippen MR) is 123 cm³/mol. The monoisotopic (exact) mass is 442 g/mol. The highest BCUT2D eigenvalue weighted by molar-refractivity contribution is 7.99. The Hall–Kier alpha value is -2.34. The number of benzene rings is 2. The molecule has 4 nitrogen and oxygen atoms in total. The third kappa shape index (κ3) is 7.10. The van der Waals surface area contributed by atoms with E-state index in [0.29, 0.717) is 11.3 Å². The first-order chi connectivity index (χ1) is 15.0. The first-order valence-corrected chi connectivity index (χ1v) is 12.0. The van der Waals surface area contributed by atoms with E-state index in [4.69, 9.17) is 0 Å². The standard InChI is InChI=1S/C25H31FN2O2S/c1-19(25(30)27-21-11-4-2-5-12-21)28(18-20-10-8-9-15-23(20)26)24(29)16-17-31-22-13-6-3-7-14-22/h3,6-10,13-15,19,21H,2,4-5,11-12,16-18H2,1H3,(H,27,30)/t19-/m0/s1. The summed E-state index contributed by atoms with van der Waals surface area (Å²) in [5.74, 6) is -0.0581. The van der Waals surface area contributed by atoms with Gasteiger partial charge in [-0.15, -0.1) is 11.8 Å². The van der Waals surface area contributed by atoms with Crippen molar-refractivity contribution >= 4 is 23.6 Å². The minimum absolute atomic E-state index is 0.0841. The number of rotatable bonds is 9. The summed E-state index contributed by atoms with van der Waals surface area (Å²) in [7, 11) is 0. The van der Waals surface area contributed by atoms with Crippen molar-refractivity contribution in [1.29, 1.82) is 0 Å². The molecule has 31 heavy (non-hydrogen) atoms. The van der Waals surface area contributed by atoms with Crippen molar-refractivity contribution in [2.45, 2.75) is 69.0 Å². The van der Waals surface area contributed by atoms with Gasteiger partial charge in [0.15, 0.2) is 0 Å². The molecule has 0 aromatic heterocycles. The summed E-state index contributed by atoms with van der Waals surface area (Å²) in [6.45, 7) is 1.82. The Bertz CT molecular complexity index is 856. The molecule has 1 fully saturated rings. The number of thioether (sulfide) groups is 1. The Balaban J connectivity index is 1.66. The number of hydrogen-bond donors (Lipinski definition) is 1. The average molecular weight is 443 g/mol. The normalized spacial score (nSPS) is 15.3. The number of hydrogen-bond acceptors (Lipinski definition) is 3. The Morgan fingerprint density at radius 1 is 1.06 bits per heavy atom. The van der Waals surface area contributed by atoms with Crippen LogP contribution < -0.4 is 5.32 Å². The molecule has 0 radical (unpaired) electrons. The molecule has 1 atom stereocenters. The van der Waals surface area contributed by atoms with Crippen LogP contribution >= 0.6 is 11.8 Å². The van der Waals surface area contributed by atoms with Crippen molar-refractivity contribution < 1.29 is 14.0 Å². The summed E-state index contributed by atoms with van der Waals surface area (Å²) in [5.41, 5.74) is 0.420. The minimum Gasteiger partial charge on any atom is -0.352 e. The van der Waals surface area contributed by atoms with Crippen molar-refractivity contribution in [1.82, 2.24) is 10.2 Å². The van der Waals surface area contributed by atoms with E-state index < -0.39 is 6.04 Å². The van der Waals surface area contributed by atoms with Crippen LogP contribution in [0, 0.1) is 5.82 Å². The van der Waals surface area contributed by atoms with Crippen LogP contribution in [0.4, 0.5) is 4.39 Å². The Morgan fingerprint density at radius 3 is 2.45 bits per heavy atom. The van der Waals surface area contributed by atoms with Gasteiger partial charge in [0.1, 0.15) is 11.9 Å². The third-order valence-corrected chi connectivity index (χ3v) is 6.76. The maximum Gasteiger partial charge on any atom is 0.242 e. The molecule has 166 valence electrons. The lowest BCUT2D eigenvalue weighted by molar-refractivity contribution is -0.140. The number of carbonyl (C=O) groups is 2. The van der Waals surface area contributed by atoms with Gasteiger partial charge in [0, 0.05) is 35.2 Å². The molecule has 1 N–H and O–H groups in total. The molecule has 2 aromatic carbocycles. The zero-order valence-electron chi connectivity index (χ0n) is 18.1. The van der Waals surface area contributed by atoms with Crippen molar-refractivity contribution in [3.05, 3.63) is 66.0 Å². The Labute approximate surface area is 188 Å². The van der Waals surface area contributed by atoms with Gasteiger partial charge in [0.25, 0.3) is 0 Å². The molecule has 0 unspecified atom stereocenters. The number of nitrogens with one attached hydrogen (secondary N) is 1. The lowest BCUT2D eigenvalue weighted by Crippen LogP contribution is -2.50. The van der Waals surface area contributed by atoms with E-state index >= 15 is 0 Å². The second-order valence-electron chi connectivity index (χ2n) is 8.04. The molecule has 0 aliphatic heterocycles. The number of amides is 2. The molecule has 1 aliphatic carbocycles. The molecule has 6 heteroatoms. The van der Waals surface area contributed by atoms with Gasteiger partial charge in [-0.3, -0.25) is 9.59 Å². The summed E-state index contributed by atoms with van der Waals surface area (Å²) in [6.07, 6.45) is 5.69. The maximum absolute atomic E-state index is 14.3. The maximum atomic E-state index is 14.3. The Kier molecular flexibility index (Phi) is 8.95. The number of halogens is 1. The van der Waals surface area contributed by atoms with E-state index in [0.717, 1.165) is 30.6 Å². The number of carbonyl (C=O) groups excluding carboxylic acids is 2. The second kappa shape index (κ2) is 11.9. The SMILES string of the molecule is C[C@@H](C(=O)NC1CCCCC1)N(Cc1ccccc1F)C(=O)CCSc1ccccc1. The van der Waals surface area contributed by atoms with Gasteiger partial charge in [-0.2, -0.15) is 0 Å². The molecular weight excluding hydrogens is 411 g/mol. The van der Waals surface area contributed by atoms with Crippen LogP contribution in [0.3, 0.4) is 0 Å². The molecule has 0 heterocycles. The lowest BCUT2D eigenvalue weighted by atomic mass is 9.95. The van der Waals surface area contributed by atoms with E-state index in [2.05, 4.69) is 5.32 Å². The lowest BCUT2D eigenvalue weighted by Gasteiger charge is -2.31. The third-order valence-electron chi connectivity index (χ3n) is 5.75. The van der Waals surface area contributed by atoms with E-state index in [1.807, 2.05) is 30.3 Å². The van der Waals surface area contributed by atoms with Crippen LogP contribution in [0.15, 0.2) is 59.5 Å². The van der Waals surface area contributed by atoms with E-state index in [-0.39, 0.29) is 36.6 Å². The molecule has 0 bridgehead atoms. The molecule has 1 aliphatic rings. The van der Waals surface area contributed by atoms with Crippen molar-refractivity contribution in [2.24, 2.45) is 0 Å². The predicted octanol–water partition coefficient (Wildman–Crippen LogP) is 5.17. The summed E-state index contributed by atoms with van der Waals surface area (Å²) in [4.78, 5) is 28.6. The first kappa shape index (κ1) is 23.3. The van der Waals surface area contributed by atoms with Crippen LogP contribution in [-0.2, 0) is 16.1 Å². The Morgan fingerprint density at radius 2 is 1.74 bits per heavy atom. The van der Waals surface area contributed by atoms with Gasteiger partial charge in [-0.1, -0.05) is 55.7 Å². The van der Waals surface area contributed by atoms with Gasteiger partial charge in [-0.05, 0) is 38.0 Å². The van der Waals surface area contributed by atoms with E-state index in [1.165, 1.54) is 17.4 Å². The quantitative estimate of drug-likeness (QED) is 0.545. The largest absolute Gasteiger partial charge is 0.352 e. The molecule has 0 spiro atoms. The van der Waals surface area contributed by atoms with Gasteiger partial charge >= 0.3 is 0 Å². The molecule has 2 amide bonds. The van der Waals surface area contributed by atoms with E-state index in [1.54, 1.807) is 36.9 Å². The zero-order chi connectivity index (χ0) is 22.1. The summed E-state index contributed by atoms with van der Waals surface area (Å²) in [6, 6.07) is 15.8. The van der Waals surface area contributed by atoms with Gasteiger partial charge < -0.3 is 10.2 Å². The minimum atomic E-state index is -0.657. The smallest absolute Gasteiger partial charge is 0.242 e. The van der Waals surface area contributed by atoms with Crippen LogP contribution in [0.1, 0.15) is 51.0 Å². The van der Waals surface area contributed by atoms with Gasteiger partial charge in [-0.25, -0.2) is 4.39 Å². The fourth-order valence-corrected chi connectivity index (χ4v) is 4.74. The highest BCUT2D eigenvalue weighted by Gasteiger charge is 2.28. The molecule has 2 aromatic rings. The first-order valence-electron chi connectivity index (χ1n) is 11.1. The van der Waals surface area contributed by atoms with Crippen molar-refractivity contribution in [2.75, 3.05) is 5.75 Å². The summed E-state index contributed by atoms with van der Waals surface area (Å²) >= 11 is 1.60. The molecule has 3 rings (SSSR count). The molecule has 1 saturated carbocycles. The van der Waals surface area contributed by atoms with Gasteiger partial charge in [0.05, 0.1) is 0 Å². The van der Waals surface area contributed by atoms with Crippen molar-refractivity contribution in [3.63, 3.8) is 0 Å². The average Bonchev–Trinajstić information content (AvgIpc) is 2.79. The highest BCUT2D eigenvalue weighted by atomic mass is 32.2. The van der Waals surface area contributed by atoms with Gasteiger partial charge in [0.2, 0.25) is 11.8 Å². The number of nitrogens with zero attached hydrogens (tertiary/aromatic N) is 1. The van der Waals surface area contributed by atoms with Crippen LogP contribution in [0.5, 0.6) is 0 Å². The fourth-order valence-electron chi connectivity index (χ4n) is 3.88.